The highest BCUT2D eigenvalue weighted by Crippen LogP contribution is 2.36. The molecule has 1 unspecified atom stereocenters. The van der Waals surface area contributed by atoms with Crippen molar-refractivity contribution in [3.8, 4) is 0 Å². The van der Waals surface area contributed by atoms with Crippen LogP contribution in [0.25, 0.3) is 0 Å². The van der Waals surface area contributed by atoms with Gasteiger partial charge in [-0.15, -0.1) is 0 Å². The second-order valence-corrected chi connectivity index (χ2v) is 13.7. The van der Waals surface area contributed by atoms with Crippen LogP contribution in [-0.4, -0.2) is 37.6 Å². The Morgan fingerprint density at radius 1 is 0.889 bits per heavy atom. The van der Waals surface area contributed by atoms with Crippen molar-refractivity contribution in [2.24, 2.45) is 0 Å². The van der Waals surface area contributed by atoms with E-state index in [1.54, 1.807) is 0 Å². The van der Waals surface area contributed by atoms with Crippen LogP contribution in [0.5, 0.6) is 0 Å². The molecule has 4 heteroatoms. The molecule has 0 radical (unpaired) electrons. The van der Waals surface area contributed by atoms with E-state index in [0.717, 1.165) is 13.1 Å². The quantitative estimate of drug-likeness (QED) is 0.612. The minimum absolute atomic E-state index is 0.153. The van der Waals surface area contributed by atoms with Gasteiger partial charge in [0, 0.05) is 19.6 Å². The van der Waals surface area contributed by atoms with E-state index in [0.29, 0.717) is 13.2 Å². The summed E-state index contributed by atoms with van der Waals surface area (Å²) in [5.41, 5.74) is 2.51. The first-order valence-corrected chi connectivity index (χ1v) is 12.7. The summed E-state index contributed by atoms with van der Waals surface area (Å²) in [5, 5.41) is 10.8. The summed E-state index contributed by atoms with van der Waals surface area (Å²) in [6.45, 7) is 13.7. The smallest absolute Gasteiger partial charge is 0.192 e. The zero-order valence-corrected chi connectivity index (χ0v) is 18.5. The van der Waals surface area contributed by atoms with E-state index in [2.05, 4.69) is 87.3 Å². The van der Waals surface area contributed by atoms with Crippen LogP contribution in [0, 0.1) is 0 Å². The lowest BCUT2D eigenvalue weighted by Crippen LogP contribution is -2.44. The average molecular weight is 386 g/mol. The Bertz CT molecular complexity index is 626. The minimum Gasteiger partial charge on any atom is -0.414 e. The van der Waals surface area contributed by atoms with Gasteiger partial charge in [-0.25, -0.2) is 0 Å². The number of benzene rings is 2. The lowest BCUT2D eigenvalue weighted by Gasteiger charge is -2.37. The lowest BCUT2D eigenvalue weighted by atomic mass is 10.1. The van der Waals surface area contributed by atoms with Crippen LogP contribution in [-0.2, 0) is 17.5 Å². The van der Waals surface area contributed by atoms with Crippen molar-refractivity contribution in [1.82, 2.24) is 4.90 Å². The van der Waals surface area contributed by atoms with Crippen LogP contribution in [0.3, 0.4) is 0 Å². The van der Waals surface area contributed by atoms with Crippen LogP contribution < -0.4 is 0 Å². The van der Waals surface area contributed by atoms with E-state index >= 15 is 0 Å². The van der Waals surface area contributed by atoms with Crippen molar-refractivity contribution in [3.05, 3.63) is 71.8 Å². The van der Waals surface area contributed by atoms with Crippen molar-refractivity contribution >= 4 is 8.32 Å². The largest absolute Gasteiger partial charge is 0.414 e. The first kappa shape index (κ1) is 21.8. The number of aliphatic hydroxyl groups is 1. The zero-order chi connectivity index (χ0) is 19.9. The SMILES string of the molecule is CC(C)(C)[Si](C)(C)OCC(O)CN(Cc1ccccc1)Cc1ccccc1. The lowest BCUT2D eigenvalue weighted by molar-refractivity contribution is 0.0580. The monoisotopic (exact) mass is 385 g/mol. The van der Waals surface area contributed by atoms with Crippen LogP contribution in [0.2, 0.25) is 18.1 Å². The fraction of sp³-hybridized carbons (Fsp3) is 0.478. The number of rotatable bonds is 9. The van der Waals surface area contributed by atoms with E-state index in [9.17, 15) is 5.11 Å². The molecule has 27 heavy (non-hydrogen) atoms. The molecule has 2 rings (SSSR count). The summed E-state index contributed by atoms with van der Waals surface area (Å²) in [7, 11) is -1.85. The van der Waals surface area contributed by atoms with Crippen LogP contribution in [0.1, 0.15) is 31.9 Å². The molecule has 0 heterocycles. The standard InChI is InChI=1S/C23H35NO2Si/c1-23(2,3)27(4,5)26-19-22(25)18-24(16-20-12-8-6-9-13-20)17-21-14-10-7-11-15-21/h6-15,22,25H,16-19H2,1-5H3. The van der Waals surface area contributed by atoms with E-state index < -0.39 is 14.4 Å². The highest BCUT2D eigenvalue weighted by Gasteiger charge is 2.37. The van der Waals surface area contributed by atoms with Crippen molar-refractivity contribution in [2.45, 2.75) is 58.1 Å². The maximum Gasteiger partial charge on any atom is 0.192 e. The molecule has 0 aliphatic rings. The van der Waals surface area contributed by atoms with Crippen LogP contribution >= 0.6 is 0 Å². The van der Waals surface area contributed by atoms with Crippen LogP contribution in [0.15, 0.2) is 60.7 Å². The van der Waals surface area contributed by atoms with Gasteiger partial charge in [-0.05, 0) is 29.3 Å². The average Bonchev–Trinajstić information content (AvgIpc) is 2.61. The minimum atomic E-state index is -1.85. The molecule has 148 valence electrons. The molecular weight excluding hydrogens is 350 g/mol. The number of aliphatic hydroxyl groups excluding tert-OH is 1. The van der Waals surface area contributed by atoms with E-state index in [1.165, 1.54) is 11.1 Å². The highest BCUT2D eigenvalue weighted by molar-refractivity contribution is 6.74. The zero-order valence-electron chi connectivity index (χ0n) is 17.5. The first-order valence-electron chi connectivity index (χ1n) is 9.79. The molecule has 3 nitrogen and oxygen atoms in total. The fourth-order valence-corrected chi connectivity index (χ4v) is 3.78. The molecule has 1 N–H and O–H groups in total. The molecule has 0 fully saturated rings. The number of nitrogens with zero attached hydrogens (tertiary/aromatic N) is 1. The van der Waals surface area contributed by atoms with Crippen molar-refractivity contribution < 1.29 is 9.53 Å². The van der Waals surface area contributed by atoms with E-state index in [1.807, 2.05) is 12.1 Å². The number of hydrogen-bond acceptors (Lipinski definition) is 3. The maximum absolute atomic E-state index is 10.7. The van der Waals surface area contributed by atoms with Gasteiger partial charge >= 0.3 is 0 Å². The Kier molecular flexibility index (Phi) is 7.80. The van der Waals surface area contributed by atoms with Gasteiger partial charge in [0.1, 0.15) is 0 Å². The predicted molar refractivity (Wildman–Crippen MR) is 116 cm³/mol. The van der Waals surface area contributed by atoms with Crippen molar-refractivity contribution in [1.29, 1.82) is 0 Å². The van der Waals surface area contributed by atoms with Gasteiger partial charge in [0.25, 0.3) is 0 Å². The van der Waals surface area contributed by atoms with Gasteiger partial charge in [0.15, 0.2) is 8.32 Å². The summed E-state index contributed by atoms with van der Waals surface area (Å²) in [4.78, 5) is 2.30. The molecule has 0 saturated heterocycles. The third-order valence-corrected chi connectivity index (χ3v) is 9.91. The predicted octanol–water partition coefficient (Wildman–Crippen LogP) is 5.07. The maximum atomic E-state index is 10.7. The summed E-state index contributed by atoms with van der Waals surface area (Å²) in [6.07, 6.45) is -0.494. The number of hydrogen-bond donors (Lipinski definition) is 1. The van der Waals surface area contributed by atoms with Gasteiger partial charge < -0.3 is 9.53 Å². The van der Waals surface area contributed by atoms with Gasteiger partial charge in [-0.2, -0.15) is 0 Å². The molecule has 2 aromatic rings. The molecule has 0 aliphatic carbocycles. The first-order chi connectivity index (χ1) is 12.7. The Hall–Kier alpha value is -1.46. The second-order valence-electron chi connectivity index (χ2n) is 8.87. The normalized spacial score (nSPS) is 13.7. The van der Waals surface area contributed by atoms with Gasteiger partial charge in [-0.1, -0.05) is 81.4 Å². The Morgan fingerprint density at radius 2 is 1.33 bits per heavy atom. The van der Waals surface area contributed by atoms with Crippen LogP contribution in [0.4, 0.5) is 0 Å². The Labute approximate surface area is 166 Å². The van der Waals surface area contributed by atoms with Crippen molar-refractivity contribution in [2.75, 3.05) is 13.2 Å². The summed E-state index contributed by atoms with van der Waals surface area (Å²) >= 11 is 0. The van der Waals surface area contributed by atoms with Gasteiger partial charge in [-0.3, -0.25) is 4.90 Å². The molecule has 2 aromatic carbocycles. The molecule has 0 saturated carbocycles. The Balaban J connectivity index is 2.00. The summed E-state index contributed by atoms with van der Waals surface area (Å²) < 4.78 is 6.22. The molecule has 0 aromatic heterocycles. The topological polar surface area (TPSA) is 32.7 Å². The molecule has 0 spiro atoms. The third-order valence-electron chi connectivity index (χ3n) is 5.41. The molecule has 0 amide bonds. The van der Waals surface area contributed by atoms with Gasteiger partial charge in [0.2, 0.25) is 0 Å². The second kappa shape index (κ2) is 9.65. The molecule has 1 atom stereocenters. The summed E-state index contributed by atoms with van der Waals surface area (Å²) in [5.74, 6) is 0. The Morgan fingerprint density at radius 3 is 1.74 bits per heavy atom. The highest BCUT2D eigenvalue weighted by atomic mass is 28.4. The van der Waals surface area contributed by atoms with E-state index in [-0.39, 0.29) is 5.04 Å². The third kappa shape index (κ3) is 7.22. The fourth-order valence-electron chi connectivity index (χ4n) is 2.74. The van der Waals surface area contributed by atoms with Crippen molar-refractivity contribution in [3.63, 3.8) is 0 Å². The molecule has 0 bridgehead atoms. The van der Waals surface area contributed by atoms with Gasteiger partial charge in [0.05, 0.1) is 12.7 Å². The van der Waals surface area contributed by atoms with E-state index in [4.69, 9.17) is 4.43 Å². The summed E-state index contributed by atoms with van der Waals surface area (Å²) in [6, 6.07) is 20.9. The molecule has 0 aliphatic heterocycles. The molecular formula is C23H35NO2Si.